The van der Waals surface area contributed by atoms with E-state index >= 15 is 0 Å². The van der Waals surface area contributed by atoms with Crippen LogP contribution in [0.25, 0.3) is 0 Å². The zero-order valence-corrected chi connectivity index (χ0v) is 20.5. The Morgan fingerprint density at radius 1 is 1.09 bits per heavy atom. The van der Waals surface area contributed by atoms with Crippen molar-refractivity contribution in [3.05, 3.63) is 53.0 Å². The normalized spacial score (nSPS) is 14.1. The van der Waals surface area contributed by atoms with E-state index in [9.17, 15) is 14.4 Å². The SMILES string of the molecule is CN(C)C(=O)CNC(=O)Nc1ccc2c(n1)Oc1ccccc1[C@@H]2C(C)(C)C(=O)Nc1nncs1. The highest BCUT2D eigenvalue weighted by molar-refractivity contribution is 7.13. The molecule has 0 radical (unpaired) electrons. The third-order valence-electron chi connectivity index (χ3n) is 5.67. The van der Waals surface area contributed by atoms with Gasteiger partial charge in [0.25, 0.3) is 0 Å². The van der Waals surface area contributed by atoms with Gasteiger partial charge in [-0.1, -0.05) is 43.4 Å². The summed E-state index contributed by atoms with van der Waals surface area (Å²) in [7, 11) is 3.21. The number of pyridine rings is 1. The second kappa shape index (κ2) is 9.66. The Kier molecular flexibility index (Phi) is 6.65. The first-order valence-electron chi connectivity index (χ1n) is 10.8. The van der Waals surface area contributed by atoms with E-state index < -0.39 is 11.4 Å². The fourth-order valence-electron chi connectivity index (χ4n) is 3.77. The number of amides is 4. The third kappa shape index (κ3) is 5.06. The lowest BCUT2D eigenvalue weighted by molar-refractivity contribution is -0.127. The molecule has 11 nitrogen and oxygen atoms in total. The molecule has 0 aliphatic carbocycles. The maximum absolute atomic E-state index is 13.3. The fraction of sp³-hybridized carbons (Fsp3) is 0.304. The van der Waals surface area contributed by atoms with Crippen molar-refractivity contribution in [1.82, 2.24) is 25.4 Å². The first kappa shape index (κ1) is 24.1. The van der Waals surface area contributed by atoms with E-state index in [4.69, 9.17) is 4.74 Å². The van der Waals surface area contributed by atoms with Crippen LogP contribution in [0.3, 0.4) is 0 Å². The number of anilines is 2. The number of rotatable bonds is 6. The van der Waals surface area contributed by atoms with Gasteiger partial charge in [0.2, 0.25) is 22.8 Å². The van der Waals surface area contributed by atoms with Gasteiger partial charge in [-0.15, -0.1) is 10.2 Å². The highest BCUT2D eigenvalue weighted by Gasteiger charge is 2.44. The predicted molar refractivity (Wildman–Crippen MR) is 131 cm³/mol. The van der Waals surface area contributed by atoms with Crippen molar-refractivity contribution in [3.63, 3.8) is 0 Å². The second-order valence-electron chi connectivity index (χ2n) is 8.68. The molecule has 1 aliphatic heterocycles. The zero-order chi connectivity index (χ0) is 25.2. The first-order chi connectivity index (χ1) is 16.7. The van der Waals surface area contributed by atoms with E-state index in [2.05, 4.69) is 31.1 Å². The molecule has 0 spiro atoms. The zero-order valence-electron chi connectivity index (χ0n) is 19.7. The van der Waals surface area contributed by atoms with Crippen molar-refractivity contribution >= 4 is 40.1 Å². The van der Waals surface area contributed by atoms with Crippen molar-refractivity contribution in [3.8, 4) is 11.6 Å². The summed E-state index contributed by atoms with van der Waals surface area (Å²) in [4.78, 5) is 43.1. The van der Waals surface area contributed by atoms with Gasteiger partial charge in [-0.3, -0.25) is 14.9 Å². The molecule has 0 unspecified atom stereocenters. The van der Waals surface area contributed by atoms with Gasteiger partial charge < -0.3 is 20.3 Å². The number of ether oxygens (including phenoxy) is 1. The smallest absolute Gasteiger partial charge is 0.320 e. The molecular formula is C23H25N7O4S. The molecule has 0 saturated carbocycles. The van der Waals surface area contributed by atoms with E-state index in [1.165, 1.54) is 16.2 Å². The molecule has 1 aliphatic rings. The maximum Gasteiger partial charge on any atom is 0.320 e. The van der Waals surface area contributed by atoms with E-state index in [0.29, 0.717) is 16.4 Å². The number of para-hydroxylation sites is 1. The van der Waals surface area contributed by atoms with Crippen LogP contribution in [0, 0.1) is 5.41 Å². The molecule has 35 heavy (non-hydrogen) atoms. The Morgan fingerprint density at radius 2 is 1.86 bits per heavy atom. The summed E-state index contributed by atoms with van der Waals surface area (Å²) in [5.74, 6) is 0.251. The lowest BCUT2D eigenvalue weighted by atomic mass is 9.70. The quantitative estimate of drug-likeness (QED) is 0.478. The van der Waals surface area contributed by atoms with Gasteiger partial charge in [0.15, 0.2) is 0 Å². The monoisotopic (exact) mass is 495 g/mol. The number of benzene rings is 1. The van der Waals surface area contributed by atoms with Crippen LogP contribution < -0.4 is 20.7 Å². The van der Waals surface area contributed by atoms with Crippen molar-refractivity contribution < 1.29 is 19.1 Å². The average molecular weight is 496 g/mol. The number of hydrogen-bond acceptors (Lipinski definition) is 8. The first-order valence-corrected chi connectivity index (χ1v) is 11.6. The highest BCUT2D eigenvalue weighted by Crippen LogP contribution is 2.51. The second-order valence-corrected chi connectivity index (χ2v) is 9.51. The lowest BCUT2D eigenvalue weighted by Crippen LogP contribution is -2.39. The number of aromatic nitrogens is 3. The Labute approximate surface area is 205 Å². The minimum absolute atomic E-state index is 0.145. The van der Waals surface area contributed by atoms with Crippen molar-refractivity contribution in [2.45, 2.75) is 19.8 Å². The fourth-order valence-corrected chi connectivity index (χ4v) is 4.21. The Morgan fingerprint density at radius 3 is 2.57 bits per heavy atom. The molecule has 3 aromatic rings. The standard InChI is InChI=1S/C23H25N7O4S/c1-23(2,20(32)28-22-29-25-12-35-22)18-13-7-5-6-8-15(13)34-19-14(18)9-10-16(26-19)27-21(33)24-11-17(31)30(3)4/h5-10,12,18H,11H2,1-4H3,(H,28,29,32)(H2,24,26,27,33)/t18-/m0/s1. The number of urea groups is 1. The molecule has 182 valence electrons. The van der Waals surface area contributed by atoms with E-state index in [-0.39, 0.29) is 36.0 Å². The van der Waals surface area contributed by atoms with Gasteiger partial charge in [0.1, 0.15) is 17.1 Å². The molecule has 0 fully saturated rings. The Bertz CT molecular complexity index is 1260. The summed E-state index contributed by atoms with van der Waals surface area (Å²) < 4.78 is 6.04. The number of likely N-dealkylation sites (N-methyl/N-ethyl adjacent to an activating group) is 1. The van der Waals surface area contributed by atoms with Crippen LogP contribution in [-0.4, -0.2) is 58.6 Å². The molecule has 4 rings (SSSR count). The molecule has 3 heterocycles. The van der Waals surface area contributed by atoms with Gasteiger partial charge in [-0.2, -0.15) is 4.98 Å². The molecule has 1 atom stereocenters. The van der Waals surface area contributed by atoms with Crippen LogP contribution in [0.4, 0.5) is 15.7 Å². The average Bonchev–Trinajstić information content (AvgIpc) is 3.33. The Balaban J connectivity index is 1.61. The number of fused-ring (bicyclic) bond motifs is 2. The topological polar surface area (TPSA) is 138 Å². The van der Waals surface area contributed by atoms with E-state index in [0.717, 1.165) is 5.56 Å². The van der Waals surface area contributed by atoms with Gasteiger partial charge in [-0.25, -0.2) is 4.79 Å². The van der Waals surface area contributed by atoms with Crippen LogP contribution in [0.15, 0.2) is 41.9 Å². The minimum Gasteiger partial charge on any atom is -0.438 e. The van der Waals surface area contributed by atoms with Crippen LogP contribution in [-0.2, 0) is 9.59 Å². The summed E-state index contributed by atoms with van der Waals surface area (Å²) in [6, 6.07) is 10.3. The van der Waals surface area contributed by atoms with Gasteiger partial charge in [0.05, 0.1) is 12.0 Å². The third-order valence-corrected chi connectivity index (χ3v) is 6.27. The molecule has 0 saturated heterocycles. The van der Waals surface area contributed by atoms with Crippen LogP contribution >= 0.6 is 11.3 Å². The summed E-state index contributed by atoms with van der Waals surface area (Å²) in [5, 5.41) is 16.0. The highest BCUT2D eigenvalue weighted by atomic mass is 32.1. The summed E-state index contributed by atoms with van der Waals surface area (Å²) in [6.07, 6.45) is 0. The molecule has 12 heteroatoms. The van der Waals surface area contributed by atoms with Crippen molar-refractivity contribution in [2.24, 2.45) is 5.41 Å². The van der Waals surface area contributed by atoms with Crippen molar-refractivity contribution in [2.75, 3.05) is 31.3 Å². The summed E-state index contributed by atoms with van der Waals surface area (Å²) in [5.41, 5.74) is 2.18. The van der Waals surface area contributed by atoms with Crippen LogP contribution in [0.5, 0.6) is 11.6 Å². The lowest BCUT2D eigenvalue weighted by Gasteiger charge is -2.37. The number of nitrogens with one attached hydrogen (secondary N) is 3. The largest absolute Gasteiger partial charge is 0.438 e. The Hall–Kier alpha value is -4.06. The molecule has 3 N–H and O–H groups in total. The molecular weight excluding hydrogens is 470 g/mol. The van der Waals surface area contributed by atoms with E-state index in [1.54, 1.807) is 31.7 Å². The minimum atomic E-state index is -0.916. The van der Waals surface area contributed by atoms with Crippen LogP contribution in [0.1, 0.15) is 30.9 Å². The summed E-state index contributed by atoms with van der Waals surface area (Å²) in [6.45, 7) is 3.55. The number of hydrogen-bond donors (Lipinski definition) is 3. The molecule has 0 bridgehead atoms. The number of carbonyl (C=O) groups excluding carboxylic acids is 3. The molecule has 4 amide bonds. The number of nitrogens with zero attached hydrogens (tertiary/aromatic N) is 4. The van der Waals surface area contributed by atoms with Gasteiger partial charge in [-0.05, 0) is 18.2 Å². The predicted octanol–water partition coefficient (Wildman–Crippen LogP) is 3.05. The van der Waals surface area contributed by atoms with Gasteiger partial charge >= 0.3 is 6.03 Å². The van der Waals surface area contributed by atoms with Gasteiger partial charge in [0, 0.05) is 31.1 Å². The maximum atomic E-state index is 13.3. The van der Waals surface area contributed by atoms with E-state index in [1.807, 2.05) is 38.1 Å². The summed E-state index contributed by atoms with van der Waals surface area (Å²) >= 11 is 1.24. The number of carbonyl (C=O) groups is 3. The molecule has 2 aromatic heterocycles. The molecule has 1 aromatic carbocycles. The van der Waals surface area contributed by atoms with Crippen LogP contribution in [0.2, 0.25) is 0 Å². The van der Waals surface area contributed by atoms with Crippen molar-refractivity contribution in [1.29, 1.82) is 0 Å².